The van der Waals surface area contributed by atoms with Crippen molar-refractivity contribution >= 4 is 0 Å². The second-order valence-electron chi connectivity index (χ2n) is 4.70. The van der Waals surface area contributed by atoms with Crippen molar-refractivity contribution in [1.29, 1.82) is 0 Å². The molecule has 4 nitrogen and oxygen atoms in total. The lowest BCUT2D eigenvalue weighted by molar-refractivity contribution is 0.180. The SMILES string of the molecule is COCc1cc2n(n1)CCCN(C(C)C)C2. The third-order valence-electron chi connectivity index (χ3n) is 3.12. The third kappa shape index (κ3) is 2.44. The van der Waals surface area contributed by atoms with Gasteiger partial charge in [0, 0.05) is 32.8 Å². The summed E-state index contributed by atoms with van der Waals surface area (Å²) in [5.74, 6) is 0. The molecule has 0 unspecified atom stereocenters. The number of fused-ring (bicyclic) bond motifs is 1. The molecule has 1 aromatic heterocycles. The molecule has 0 saturated heterocycles. The van der Waals surface area contributed by atoms with Crippen LogP contribution in [0.5, 0.6) is 0 Å². The zero-order chi connectivity index (χ0) is 11.5. The molecule has 0 bridgehead atoms. The normalized spacial score (nSPS) is 17.5. The summed E-state index contributed by atoms with van der Waals surface area (Å²) in [5, 5.41) is 4.56. The van der Waals surface area contributed by atoms with Gasteiger partial charge in [-0.05, 0) is 26.3 Å². The Bertz CT molecular complexity index is 346. The molecule has 0 saturated carbocycles. The maximum Gasteiger partial charge on any atom is 0.0902 e. The van der Waals surface area contributed by atoms with Crippen molar-refractivity contribution in [2.24, 2.45) is 0 Å². The zero-order valence-corrected chi connectivity index (χ0v) is 10.4. The Morgan fingerprint density at radius 2 is 2.25 bits per heavy atom. The Morgan fingerprint density at radius 3 is 2.94 bits per heavy atom. The predicted molar refractivity (Wildman–Crippen MR) is 63.1 cm³/mol. The average Bonchev–Trinajstić information content (AvgIpc) is 2.49. The van der Waals surface area contributed by atoms with Gasteiger partial charge in [0.15, 0.2) is 0 Å². The maximum atomic E-state index is 5.12. The van der Waals surface area contributed by atoms with Crippen molar-refractivity contribution in [3.63, 3.8) is 0 Å². The van der Waals surface area contributed by atoms with E-state index in [2.05, 4.69) is 34.6 Å². The van der Waals surface area contributed by atoms with Crippen LogP contribution >= 0.6 is 0 Å². The summed E-state index contributed by atoms with van der Waals surface area (Å²) < 4.78 is 7.26. The van der Waals surface area contributed by atoms with Crippen molar-refractivity contribution < 1.29 is 4.74 Å². The van der Waals surface area contributed by atoms with Crippen LogP contribution in [-0.4, -0.2) is 34.4 Å². The minimum atomic E-state index is 0.604. The van der Waals surface area contributed by atoms with Crippen molar-refractivity contribution in [2.75, 3.05) is 13.7 Å². The van der Waals surface area contributed by atoms with E-state index in [1.165, 1.54) is 18.7 Å². The summed E-state index contributed by atoms with van der Waals surface area (Å²) in [6, 6.07) is 2.77. The molecule has 1 aliphatic heterocycles. The summed E-state index contributed by atoms with van der Waals surface area (Å²) in [6.07, 6.45) is 1.18. The Balaban J connectivity index is 2.15. The topological polar surface area (TPSA) is 30.3 Å². The molecule has 2 heterocycles. The Labute approximate surface area is 97.2 Å². The number of methoxy groups -OCH3 is 1. The van der Waals surface area contributed by atoms with Gasteiger partial charge in [-0.15, -0.1) is 0 Å². The second-order valence-corrected chi connectivity index (χ2v) is 4.70. The van der Waals surface area contributed by atoms with E-state index in [-0.39, 0.29) is 0 Å². The van der Waals surface area contributed by atoms with Gasteiger partial charge in [-0.3, -0.25) is 9.58 Å². The highest BCUT2D eigenvalue weighted by Gasteiger charge is 2.18. The predicted octanol–water partition coefficient (Wildman–Crippen LogP) is 1.64. The summed E-state index contributed by atoms with van der Waals surface area (Å²) in [4.78, 5) is 2.50. The molecule has 0 radical (unpaired) electrons. The molecule has 1 aliphatic rings. The first-order valence-corrected chi connectivity index (χ1v) is 5.99. The van der Waals surface area contributed by atoms with Gasteiger partial charge in [0.2, 0.25) is 0 Å². The first-order valence-electron chi connectivity index (χ1n) is 5.99. The van der Waals surface area contributed by atoms with Crippen LogP contribution in [0.2, 0.25) is 0 Å². The largest absolute Gasteiger partial charge is 0.378 e. The lowest BCUT2D eigenvalue weighted by Gasteiger charge is -2.23. The van der Waals surface area contributed by atoms with Crippen molar-refractivity contribution in [3.8, 4) is 0 Å². The molecular weight excluding hydrogens is 202 g/mol. The van der Waals surface area contributed by atoms with Crippen LogP contribution in [-0.2, 0) is 24.4 Å². The first kappa shape index (κ1) is 11.6. The summed E-state index contributed by atoms with van der Waals surface area (Å²) >= 11 is 0. The van der Waals surface area contributed by atoms with Gasteiger partial charge in [0.05, 0.1) is 18.0 Å². The van der Waals surface area contributed by atoms with E-state index >= 15 is 0 Å². The van der Waals surface area contributed by atoms with Gasteiger partial charge in [-0.1, -0.05) is 0 Å². The molecule has 4 heteroatoms. The fourth-order valence-electron chi connectivity index (χ4n) is 2.21. The maximum absolute atomic E-state index is 5.12. The van der Waals surface area contributed by atoms with Crippen LogP contribution in [0.1, 0.15) is 31.7 Å². The van der Waals surface area contributed by atoms with Crippen LogP contribution in [0.15, 0.2) is 6.07 Å². The number of ether oxygens (including phenoxy) is 1. The highest BCUT2D eigenvalue weighted by Crippen LogP contribution is 2.16. The van der Waals surface area contributed by atoms with Crippen molar-refractivity contribution in [1.82, 2.24) is 14.7 Å². The van der Waals surface area contributed by atoms with E-state index in [0.29, 0.717) is 12.6 Å². The van der Waals surface area contributed by atoms with Crippen LogP contribution < -0.4 is 0 Å². The quantitative estimate of drug-likeness (QED) is 0.780. The molecule has 0 amide bonds. The van der Waals surface area contributed by atoms with Crippen LogP contribution in [0, 0.1) is 0 Å². The molecule has 0 spiro atoms. The number of aromatic nitrogens is 2. The van der Waals surface area contributed by atoms with Gasteiger partial charge in [-0.2, -0.15) is 5.10 Å². The molecule has 90 valence electrons. The highest BCUT2D eigenvalue weighted by atomic mass is 16.5. The number of aryl methyl sites for hydroxylation is 1. The molecule has 1 aromatic rings. The Hall–Kier alpha value is -0.870. The monoisotopic (exact) mass is 223 g/mol. The van der Waals surface area contributed by atoms with Crippen molar-refractivity contribution in [2.45, 2.75) is 46.0 Å². The fourth-order valence-corrected chi connectivity index (χ4v) is 2.21. The smallest absolute Gasteiger partial charge is 0.0902 e. The number of rotatable bonds is 3. The molecule has 0 atom stereocenters. The van der Waals surface area contributed by atoms with E-state index in [9.17, 15) is 0 Å². The average molecular weight is 223 g/mol. The number of nitrogens with zero attached hydrogens (tertiary/aromatic N) is 3. The van der Waals surface area contributed by atoms with Gasteiger partial charge in [0.1, 0.15) is 0 Å². The lowest BCUT2D eigenvalue weighted by Crippen LogP contribution is -2.30. The number of hydrogen-bond donors (Lipinski definition) is 0. The molecular formula is C12H21N3O. The van der Waals surface area contributed by atoms with E-state index in [4.69, 9.17) is 4.74 Å². The standard InChI is InChI=1S/C12H21N3O/c1-10(2)14-5-4-6-15-12(8-14)7-11(13-15)9-16-3/h7,10H,4-6,8-9H2,1-3H3. The molecule has 0 fully saturated rings. The van der Waals surface area contributed by atoms with E-state index in [0.717, 1.165) is 18.8 Å². The summed E-state index contributed by atoms with van der Waals surface area (Å²) in [5.41, 5.74) is 2.36. The molecule has 16 heavy (non-hydrogen) atoms. The molecule has 0 aliphatic carbocycles. The first-order chi connectivity index (χ1) is 7.70. The molecule has 0 aromatic carbocycles. The van der Waals surface area contributed by atoms with E-state index in [1.54, 1.807) is 7.11 Å². The zero-order valence-electron chi connectivity index (χ0n) is 10.4. The third-order valence-corrected chi connectivity index (χ3v) is 3.12. The summed E-state index contributed by atoms with van der Waals surface area (Å²) in [6.45, 7) is 8.32. The molecule has 0 N–H and O–H groups in total. The van der Waals surface area contributed by atoms with Gasteiger partial charge in [0.25, 0.3) is 0 Å². The highest BCUT2D eigenvalue weighted by molar-refractivity contribution is 5.10. The molecule has 2 rings (SSSR count). The second kappa shape index (κ2) is 4.97. The van der Waals surface area contributed by atoms with Gasteiger partial charge >= 0.3 is 0 Å². The van der Waals surface area contributed by atoms with Gasteiger partial charge < -0.3 is 4.74 Å². The number of hydrogen-bond acceptors (Lipinski definition) is 3. The van der Waals surface area contributed by atoms with Crippen LogP contribution in [0.3, 0.4) is 0 Å². The lowest BCUT2D eigenvalue weighted by atomic mass is 10.2. The minimum absolute atomic E-state index is 0.604. The fraction of sp³-hybridized carbons (Fsp3) is 0.750. The van der Waals surface area contributed by atoms with Gasteiger partial charge in [-0.25, -0.2) is 0 Å². The van der Waals surface area contributed by atoms with E-state index in [1.807, 2.05) is 0 Å². The van der Waals surface area contributed by atoms with Crippen molar-refractivity contribution in [3.05, 3.63) is 17.5 Å². The van der Waals surface area contributed by atoms with Crippen LogP contribution in [0.25, 0.3) is 0 Å². The summed E-state index contributed by atoms with van der Waals surface area (Å²) in [7, 11) is 1.71. The minimum Gasteiger partial charge on any atom is -0.378 e. The Morgan fingerprint density at radius 1 is 1.44 bits per heavy atom. The Kier molecular flexibility index (Phi) is 3.61. The van der Waals surface area contributed by atoms with Crippen LogP contribution in [0.4, 0.5) is 0 Å². The van der Waals surface area contributed by atoms with E-state index < -0.39 is 0 Å².